The number of rotatable bonds is 5. The highest BCUT2D eigenvalue weighted by Gasteiger charge is 2.32. The number of hydrogen-bond acceptors (Lipinski definition) is 1. The van der Waals surface area contributed by atoms with Crippen LogP contribution in [-0.4, -0.2) is 6.29 Å². The molecule has 0 aromatic heterocycles. The van der Waals surface area contributed by atoms with Gasteiger partial charge in [0.1, 0.15) is 6.29 Å². The van der Waals surface area contributed by atoms with Crippen molar-refractivity contribution in [3.8, 4) is 0 Å². The zero-order chi connectivity index (χ0) is 16.2. The first-order chi connectivity index (χ1) is 10.4. The van der Waals surface area contributed by atoms with Gasteiger partial charge in [0.15, 0.2) is 0 Å². The Morgan fingerprint density at radius 2 is 1.82 bits per heavy atom. The Labute approximate surface area is 135 Å². The number of carbonyl (C=O) groups excluding carboxylic acids is 1. The summed E-state index contributed by atoms with van der Waals surface area (Å²) in [6.45, 7) is 9.28. The highest BCUT2D eigenvalue weighted by Crippen LogP contribution is 2.47. The minimum Gasteiger partial charge on any atom is -0.303 e. The molecule has 0 heterocycles. The second-order valence-electron chi connectivity index (χ2n) is 7.70. The molecule has 1 aliphatic rings. The molecule has 22 heavy (non-hydrogen) atoms. The lowest BCUT2D eigenvalue weighted by Crippen LogP contribution is -2.24. The minimum atomic E-state index is 0.200. The van der Waals surface area contributed by atoms with E-state index in [4.69, 9.17) is 0 Å². The molecule has 1 heteroatoms. The SMILES string of the molecule is Cc1ccccc1C(C1=C(CCC=O)CCCC1)C(C)(C)C. The molecule has 2 rings (SSSR count). The summed E-state index contributed by atoms with van der Waals surface area (Å²) in [6.07, 6.45) is 7.65. The number of aryl methyl sites for hydroxylation is 1. The molecular weight excluding hydrogens is 268 g/mol. The monoisotopic (exact) mass is 298 g/mol. The van der Waals surface area contributed by atoms with Gasteiger partial charge in [-0.25, -0.2) is 0 Å². The normalized spacial score (nSPS) is 17.5. The first-order valence-electron chi connectivity index (χ1n) is 8.65. The van der Waals surface area contributed by atoms with Crippen molar-refractivity contribution in [1.29, 1.82) is 0 Å². The summed E-state index contributed by atoms with van der Waals surface area (Å²) >= 11 is 0. The fraction of sp³-hybridized carbons (Fsp3) is 0.571. The highest BCUT2D eigenvalue weighted by atomic mass is 16.1. The number of benzene rings is 1. The summed E-state index contributed by atoms with van der Waals surface area (Å²) in [5, 5.41) is 0. The minimum absolute atomic E-state index is 0.200. The van der Waals surface area contributed by atoms with Gasteiger partial charge in [0.05, 0.1) is 0 Å². The molecule has 0 spiro atoms. The number of hydrogen-bond donors (Lipinski definition) is 0. The molecule has 120 valence electrons. The van der Waals surface area contributed by atoms with Crippen molar-refractivity contribution in [2.45, 2.75) is 72.1 Å². The number of allylic oxidation sites excluding steroid dienone is 2. The highest BCUT2D eigenvalue weighted by molar-refractivity contribution is 5.50. The molecule has 0 saturated heterocycles. The molecular formula is C21H30O. The molecule has 0 fully saturated rings. The molecule has 0 aliphatic heterocycles. The lowest BCUT2D eigenvalue weighted by atomic mass is 9.67. The van der Waals surface area contributed by atoms with Gasteiger partial charge in [0.25, 0.3) is 0 Å². The van der Waals surface area contributed by atoms with Crippen LogP contribution in [0.1, 0.15) is 76.3 Å². The molecule has 1 unspecified atom stereocenters. The van der Waals surface area contributed by atoms with E-state index in [9.17, 15) is 4.79 Å². The molecule has 1 nitrogen and oxygen atoms in total. The lowest BCUT2D eigenvalue weighted by Gasteiger charge is -2.38. The Morgan fingerprint density at radius 3 is 2.45 bits per heavy atom. The fourth-order valence-corrected chi connectivity index (χ4v) is 3.95. The van der Waals surface area contributed by atoms with Crippen molar-refractivity contribution < 1.29 is 4.79 Å². The molecule has 1 atom stereocenters. The second-order valence-corrected chi connectivity index (χ2v) is 7.70. The average Bonchev–Trinajstić information content (AvgIpc) is 2.47. The molecule has 0 saturated carbocycles. The maximum absolute atomic E-state index is 10.8. The Balaban J connectivity index is 2.50. The van der Waals surface area contributed by atoms with E-state index in [0.717, 1.165) is 12.7 Å². The van der Waals surface area contributed by atoms with Crippen LogP contribution in [-0.2, 0) is 4.79 Å². The third-order valence-electron chi connectivity index (χ3n) is 4.91. The third-order valence-corrected chi connectivity index (χ3v) is 4.91. The van der Waals surface area contributed by atoms with E-state index >= 15 is 0 Å². The summed E-state index contributed by atoms with van der Waals surface area (Å²) in [6, 6.07) is 8.81. The Bertz CT molecular complexity index is 545. The van der Waals surface area contributed by atoms with Gasteiger partial charge in [-0.15, -0.1) is 0 Å². The van der Waals surface area contributed by atoms with Crippen LogP contribution in [0.25, 0.3) is 0 Å². The molecule has 0 radical (unpaired) electrons. The van der Waals surface area contributed by atoms with Crippen molar-refractivity contribution in [3.05, 3.63) is 46.5 Å². The average molecular weight is 298 g/mol. The van der Waals surface area contributed by atoms with E-state index in [0.29, 0.717) is 12.3 Å². The Hall–Kier alpha value is -1.37. The zero-order valence-corrected chi connectivity index (χ0v) is 14.6. The van der Waals surface area contributed by atoms with Crippen molar-refractivity contribution in [1.82, 2.24) is 0 Å². The molecule has 1 aromatic rings. The van der Waals surface area contributed by atoms with Gasteiger partial charge in [-0.2, -0.15) is 0 Å². The van der Waals surface area contributed by atoms with Crippen molar-refractivity contribution in [2.75, 3.05) is 0 Å². The second kappa shape index (κ2) is 7.26. The Morgan fingerprint density at radius 1 is 1.14 bits per heavy atom. The largest absolute Gasteiger partial charge is 0.303 e. The predicted molar refractivity (Wildman–Crippen MR) is 94.2 cm³/mol. The van der Waals surface area contributed by atoms with E-state index in [1.54, 1.807) is 11.1 Å². The van der Waals surface area contributed by atoms with Crippen LogP contribution in [0.4, 0.5) is 0 Å². The van der Waals surface area contributed by atoms with Crippen LogP contribution < -0.4 is 0 Å². The molecule has 1 aromatic carbocycles. The van der Waals surface area contributed by atoms with Crippen molar-refractivity contribution in [3.63, 3.8) is 0 Å². The molecule has 1 aliphatic carbocycles. The first-order valence-corrected chi connectivity index (χ1v) is 8.65. The summed E-state index contributed by atoms with van der Waals surface area (Å²) < 4.78 is 0. The number of carbonyl (C=O) groups is 1. The fourth-order valence-electron chi connectivity index (χ4n) is 3.95. The molecule has 0 N–H and O–H groups in total. The van der Waals surface area contributed by atoms with Crippen LogP contribution in [0.2, 0.25) is 0 Å². The van der Waals surface area contributed by atoms with Crippen molar-refractivity contribution >= 4 is 6.29 Å². The van der Waals surface area contributed by atoms with E-state index in [2.05, 4.69) is 52.0 Å². The standard InChI is InChI=1S/C21H30O/c1-16-10-5-7-13-18(16)20(21(2,3)4)19-14-8-6-11-17(19)12-9-15-22/h5,7,10,13,15,20H,6,8-9,11-12,14H2,1-4H3. The van der Waals surface area contributed by atoms with Crippen LogP contribution in [0.15, 0.2) is 35.4 Å². The van der Waals surface area contributed by atoms with E-state index in [1.807, 2.05) is 0 Å². The summed E-state index contributed by atoms with van der Waals surface area (Å²) in [4.78, 5) is 10.8. The zero-order valence-electron chi connectivity index (χ0n) is 14.6. The van der Waals surface area contributed by atoms with Gasteiger partial charge in [-0.3, -0.25) is 0 Å². The number of aldehydes is 1. The molecule has 0 bridgehead atoms. The van der Waals surface area contributed by atoms with Gasteiger partial charge in [0.2, 0.25) is 0 Å². The van der Waals surface area contributed by atoms with E-state index in [1.165, 1.54) is 36.8 Å². The summed E-state index contributed by atoms with van der Waals surface area (Å²) in [5.74, 6) is 0.468. The summed E-state index contributed by atoms with van der Waals surface area (Å²) in [5.41, 5.74) is 6.23. The van der Waals surface area contributed by atoms with Gasteiger partial charge in [0, 0.05) is 12.3 Å². The lowest BCUT2D eigenvalue weighted by molar-refractivity contribution is -0.107. The van der Waals surface area contributed by atoms with Crippen molar-refractivity contribution in [2.24, 2.45) is 5.41 Å². The smallest absolute Gasteiger partial charge is 0.120 e. The van der Waals surface area contributed by atoms with E-state index in [-0.39, 0.29) is 5.41 Å². The quantitative estimate of drug-likeness (QED) is 0.483. The third kappa shape index (κ3) is 3.88. The van der Waals surface area contributed by atoms with E-state index < -0.39 is 0 Å². The predicted octanol–water partition coefficient (Wildman–Crippen LogP) is 5.97. The first kappa shape index (κ1) is 17.0. The van der Waals surface area contributed by atoms with Gasteiger partial charge < -0.3 is 4.79 Å². The van der Waals surface area contributed by atoms with Crippen LogP contribution >= 0.6 is 0 Å². The van der Waals surface area contributed by atoms with Gasteiger partial charge >= 0.3 is 0 Å². The van der Waals surface area contributed by atoms with Gasteiger partial charge in [-0.05, 0) is 55.6 Å². The Kier molecular flexibility index (Phi) is 5.61. The maximum atomic E-state index is 10.8. The van der Waals surface area contributed by atoms with Gasteiger partial charge in [-0.1, -0.05) is 56.2 Å². The molecule has 0 amide bonds. The topological polar surface area (TPSA) is 17.1 Å². The van der Waals surface area contributed by atoms with Crippen LogP contribution in [0.5, 0.6) is 0 Å². The maximum Gasteiger partial charge on any atom is 0.120 e. The van der Waals surface area contributed by atoms with Crippen LogP contribution in [0, 0.1) is 12.3 Å². The van der Waals surface area contributed by atoms with Crippen LogP contribution in [0.3, 0.4) is 0 Å². The summed E-state index contributed by atoms with van der Waals surface area (Å²) in [7, 11) is 0.